The van der Waals surface area contributed by atoms with E-state index in [4.69, 9.17) is 5.21 Å². The van der Waals surface area contributed by atoms with Gasteiger partial charge in [-0.05, 0) is 12.8 Å². The monoisotopic (exact) mass is 159 g/mol. The summed E-state index contributed by atoms with van der Waals surface area (Å²) in [7, 11) is 0. The van der Waals surface area contributed by atoms with Crippen molar-refractivity contribution in [2.24, 2.45) is 5.92 Å². The minimum Gasteiger partial charge on any atom is -0.392 e. The third-order valence-electron chi connectivity index (χ3n) is 2.18. The second-order valence-electron chi connectivity index (χ2n) is 2.93. The van der Waals surface area contributed by atoms with Gasteiger partial charge in [0.15, 0.2) is 0 Å². The molecule has 0 aromatic carbocycles. The molecule has 4 nitrogen and oxygen atoms in total. The molecule has 1 saturated carbocycles. The number of amides is 1. The molecule has 1 amide bonds. The van der Waals surface area contributed by atoms with Gasteiger partial charge in [-0.2, -0.15) is 0 Å². The van der Waals surface area contributed by atoms with Crippen molar-refractivity contribution in [1.82, 2.24) is 5.48 Å². The van der Waals surface area contributed by atoms with Crippen LogP contribution in [0, 0.1) is 5.92 Å². The Morgan fingerprint density at radius 3 is 2.55 bits per heavy atom. The lowest BCUT2D eigenvalue weighted by Crippen LogP contribution is -2.37. The van der Waals surface area contributed by atoms with Crippen LogP contribution in [0.4, 0.5) is 0 Å². The molecule has 0 aromatic rings. The molecular formula is C7H13NO3. The highest BCUT2D eigenvalue weighted by molar-refractivity contribution is 5.78. The first-order valence-corrected chi connectivity index (χ1v) is 3.87. The molecule has 64 valence electrons. The molecule has 3 N–H and O–H groups in total. The Labute approximate surface area is 65.2 Å². The second-order valence-corrected chi connectivity index (χ2v) is 2.93. The van der Waals surface area contributed by atoms with Gasteiger partial charge in [-0.3, -0.25) is 10.0 Å². The molecule has 11 heavy (non-hydrogen) atoms. The van der Waals surface area contributed by atoms with Gasteiger partial charge in [-0.1, -0.05) is 12.8 Å². The van der Waals surface area contributed by atoms with E-state index < -0.39 is 17.9 Å². The summed E-state index contributed by atoms with van der Waals surface area (Å²) in [5.74, 6) is -0.869. The summed E-state index contributed by atoms with van der Waals surface area (Å²) >= 11 is 0. The van der Waals surface area contributed by atoms with E-state index in [9.17, 15) is 9.90 Å². The van der Waals surface area contributed by atoms with Crippen molar-refractivity contribution in [2.75, 3.05) is 0 Å². The van der Waals surface area contributed by atoms with Gasteiger partial charge < -0.3 is 5.11 Å². The number of hydrogen-bond acceptors (Lipinski definition) is 3. The number of aliphatic hydroxyl groups excluding tert-OH is 1. The third kappa shape index (κ3) is 1.91. The van der Waals surface area contributed by atoms with Crippen LogP contribution in [-0.2, 0) is 4.79 Å². The fraction of sp³-hybridized carbons (Fsp3) is 0.857. The van der Waals surface area contributed by atoms with Crippen LogP contribution >= 0.6 is 0 Å². The van der Waals surface area contributed by atoms with Crippen LogP contribution in [0.2, 0.25) is 0 Å². The van der Waals surface area contributed by atoms with E-state index in [1.54, 1.807) is 5.48 Å². The van der Waals surface area contributed by atoms with Crippen molar-refractivity contribution in [3.63, 3.8) is 0 Å². The van der Waals surface area contributed by atoms with Gasteiger partial charge in [0.1, 0.15) is 0 Å². The maximum absolute atomic E-state index is 10.9. The first-order chi connectivity index (χ1) is 5.25. The van der Waals surface area contributed by atoms with Crippen LogP contribution in [0.25, 0.3) is 0 Å². The van der Waals surface area contributed by atoms with E-state index in [-0.39, 0.29) is 0 Å². The van der Waals surface area contributed by atoms with Crippen LogP contribution in [0.3, 0.4) is 0 Å². The molecule has 1 fully saturated rings. The van der Waals surface area contributed by atoms with E-state index in [0.717, 1.165) is 12.8 Å². The van der Waals surface area contributed by atoms with Crippen LogP contribution in [-0.4, -0.2) is 22.3 Å². The molecule has 0 spiro atoms. The number of carbonyl (C=O) groups excluding carboxylic acids is 1. The molecule has 0 aromatic heterocycles. The number of hydroxylamine groups is 1. The third-order valence-corrected chi connectivity index (χ3v) is 2.18. The molecule has 2 atom stereocenters. The zero-order valence-corrected chi connectivity index (χ0v) is 6.29. The lowest BCUT2D eigenvalue weighted by molar-refractivity contribution is -0.138. The minimum absolute atomic E-state index is 0.409. The highest BCUT2D eigenvalue weighted by atomic mass is 16.5. The van der Waals surface area contributed by atoms with E-state index in [0.29, 0.717) is 12.8 Å². The maximum Gasteiger partial charge on any atom is 0.249 e. The topological polar surface area (TPSA) is 69.6 Å². The normalized spacial score (nSPS) is 31.5. The van der Waals surface area contributed by atoms with E-state index in [1.165, 1.54) is 0 Å². The standard InChI is InChI=1S/C7H13NO3/c9-6-4-2-1-3-5(6)7(10)8-11/h5-6,9,11H,1-4H2,(H,8,10)/t5-,6+/m1/s1. The van der Waals surface area contributed by atoms with Crippen LogP contribution in [0.15, 0.2) is 0 Å². The number of rotatable bonds is 1. The Bertz CT molecular complexity index is 149. The smallest absolute Gasteiger partial charge is 0.249 e. The highest BCUT2D eigenvalue weighted by Crippen LogP contribution is 2.23. The second kappa shape index (κ2) is 3.69. The molecule has 4 heteroatoms. The highest BCUT2D eigenvalue weighted by Gasteiger charge is 2.28. The zero-order chi connectivity index (χ0) is 8.27. The summed E-state index contributed by atoms with van der Waals surface area (Å²) in [6, 6.07) is 0. The largest absolute Gasteiger partial charge is 0.392 e. The Hall–Kier alpha value is -0.610. The summed E-state index contributed by atoms with van der Waals surface area (Å²) in [5.41, 5.74) is 1.57. The molecule has 1 aliphatic rings. The van der Waals surface area contributed by atoms with E-state index in [1.807, 2.05) is 0 Å². The van der Waals surface area contributed by atoms with Crippen molar-refractivity contribution in [2.45, 2.75) is 31.8 Å². The summed E-state index contributed by atoms with van der Waals surface area (Å²) in [6.07, 6.45) is 2.69. The van der Waals surface area contributed by atoms with Gasteiger partial charge in [0.05, 0.1) is 12.0 Å². The van der Waals surface area contributed by atoms with Gasteiger partial charge in [0.2, 0.25) is 5.91 Å². The molecule has 0 bridgehead atoms. The summed E-state index contributed by atoms with van der Waals surface area (Å²) in [6.45, 7) is 0. The predicted octanol–water partition coefficient (Wildman–Crippen LogP) is 0.0429. The Kier molecular flexibility index (Phi) is 2.84. The van der Waals surface area contributed by atoms with Gasteiger partial charge in [0.25, 0.3) is 0 Å². The van der Waals surface area contributed by atoms with E-state index >= 15 is 0 Å². The Balaban J connectivity index is 2.47. The Morgan fingerprint density at radius 2 is 2.00 bits per heavy atom. The molecular weight excluding hydrogens is 146 g/mol. The van der Waals surface area contributed by atoms with Crippen LogP contribution < -0.4 is 5.48 Å². The molecule has 0 aliphatic heterocycles. The fourth-order valence-electron chi connectivity index (χ4n) is 1.50. The number of nitrogens with one attached hydrogen (secondary N) is 1. The summed E-state index contributed by atoms with van der Waals surface area (Å²) in [4.78, 5) is 10.9. The summed E-state index contributed by atoms with van der Waals surface area (Å²) in [5, 5.41) is 17.6. The van der Waals surface area contributed by atoms with Crippen molar-refractivity contribution in [1.29, 1.82) is 0 Å². The molecule has 1 aliphatic carbocycles. The minimum atomic E-state index is -0.573. The van der Waals surface area contributed by atoms with Crippen LogP contribution in [0.1, 0.15) is 25.7 Å². The molecule has 0 saturated heterocycles. The first kappa shape index (κ1) is 8.49. The fourth-order valence-corrected chi connectivity index (χ4v) is 1.50. The quantitative estimate of drug-likeness (QED) is 0.374. The average Bonchev–Trinajstić information content (AvgIpc) is 2.04. The van der Waals surface area contributed by atoms with Gasteiger partial charge in [0, 0.05) is 0 Å². The number of hydrogen-bond donors (Lipinski definition) is 3. The lowest BCUT2D eigenvalue weighted by Gasteiger charge is -2.25. The Morgan fingerprint density at radius 1 is 1.36 bits per heavy atom. The maximum atomic E-state index is 10.9. The van der Waals surface area contributed by atoms with Crippen molar-refractivity contribution >= 4 is 5.91 Å². The molecule has 0 unspecified atom stereocenters. The van der Waals surface area contributed by atoms with E-state index in [2.05, 4.69) is 0 Å². The molecule has 0 radical (unpaired) electrons. The number of carbonyl (C=O) groups is 1. The SMILES string of the molecule is O=C(NO)[C@@H]1CCCC[C@@H]1O. The lowest BCUT2D eigenvalue weighted by atomic mass is 9.86. The average molecular weight is 159 g/mol. The molecule has 0 heterocycles. The van der Waals surface area contributed by atoms with Crippen molar-refractivity contribution in [3.05, 3.63) is 0 Å². The first-order valence-electron chi connectivity index (χ1n) is 3.87. The zero-order valence-electron chi connectivity index (χ0n) is 6.29. The molecule has 1 rings (SSSR count). The van der Waals surface area contributed by atoms with Gasteiger partial charge in [-0.25, -0.2) is 5.48 Å². The predicted molar refractivity (Wildman–Crippen MR) is 37.9 cm³/mol. The van der Waals surface area contributed by atoms with Crippen molar-refractivity contribution < 1.29 is 15.1 Å². The van der Waals surface area contributed by atoms with Gasteiger partial charge in [-0.15, -0.1) is 0 Å². The van der Waals surface area contributed by atoms with Crippen LogP contribution in [0.5, 0.6) is 0 Å². The summed E-state index contributed by atoms with van der Waals surface area (Å²) < 4.78 is 0. The van der Waals surface area contributed by atoms with Crippen molar-refractivity contribution in [3.8, 4) is 0 Å². The number of aliphatic hydroxyl groups is 1. The van der Waals surface area contributed by atoms with Gasteiger partial charge >= 0.3 is 0 Å².